The van der Waals surface area contributed by atoms with Crippen molar-refractivity contribution >= 4 is 50.0 Å². The first-order valence-corrected chi connectivity index (χ1v) is 12.2. The largest absolute Gasteiger partial charge is 0.173 e. The highest BCUT2D eigenvalue weighted by molar-refractivity contribution is 7.46. The van der Waals surface area contributed by atoms with Crippen molar-refractivity contribution in [3.63, 3.8) is 0 Å². The standard InChI is InChI=1S/C6H15Cl3Si2/c1-10(2,3)11(4,5)6(7,8)9/h1-5H3. The molecule has 0 aromatic heterocycles. The minimum atomic E-state index is -1.67. The molecule has 0 amide bonds. The third-order valence-electron chi connectivity index (χ3n) is 2.58. The van der Waals surface area contributed by atoms with E-state index in [1.807, 2.05) is 0 Å². The first-order valence-electron chi connectivity index (χ1n) is 3.57. The predicted molar refractivity (Wildman–Crippen MR) is 61.1 cm³/mol. The van der Waals surface area contributed by atoms with Crippen LogP contribution in [0.5, 0.6) is 0 Å². The molecular formula is C6H15Cl3Si2. The molecule has 11 heavy (non-hydrogen) atoms. The Morgan fingerprint density at radius 1 is 0.818 bits per heavy atom. The van der Waals surface area contributed by atoms with Crippen LogP contribution in [-0.2, 0) is 0 Å². The molecule has 0 rings (SSSR count). The van der Waals surface area contributed by atoms with E-state index in [4.69, 9.17) is 34.8 Å². The van der Waals surface area contributed by atoms with Crippen LogP contribution in [0.1, 0.15) is 0 Å². The molecule has 0 bridgehead atoms. The van der Waals surface area contributed by atoms with Crippen LogP contribution in [0.3, 0.4) is 0 Å². The summed E-state index contributed by atoms with van der Waals surface area (Å²) in [5, 5.41) is 0. The van der Waals surface area contributed by atoms with Gasteiger partial charge in [-0.15, -0.1) is 0 Å². The predicted octanol–water partition coefficient (Wildman–Crippen LogP) is 4.02. The van der Waals surface area contributed by atoms with Gasteiger partial charge in [0.15, 0.2) is 3.42 Å². The number of hydrogen-bond acceptors (Lipinski definition) is 0. The fourth-order valence-corrected chi connectivity index (χ4v) is 11.5. The summed E-state index contributed by atoms with van der Waals surface area (Å²) in [5.74, 6) is 0. The summed E-state index contributed by atoms with van der Waals surface area (Å²) in [6.45, 7) is 11.1. The maximum absolute atomic E-state index is 5.94. The van der Waals surface area contributed by atoms with Gasteiger partial charge >= 0.3 is 0 Å². The molecule has 0 unspecified atom stereocenters. The van der Waals surface area contributed by atoms with E-state index in [0.717, 1.165) is 0 Å². The van der Waals surface area contributed by atoms with Gasteiger partial charge in [0, 0.05) is 7.59 Å². The monoisotopic (exact) mass is 248 g/mol. The fraction of sp³-hybridized carbons (Fsp3) is 1.00. The zero-order chi connectivity index (χ0) is 9.50. The molecule has 0 aliphatic heterocycles. The molecule has 0 spiro atoms. The number of halogens is 3. The van der Waals surface area contributed by atoms with Gasteiger partial charge in [-0.2, -0.15) is 0 Å². The van der Waals surface area contributed by atoms with Crippen molar-refractivity contribution in [3.05, 3.63) is 0 Å². The Balaban J connectivity index is 4.75. The summed E-state index contributed by atoms with van der Waals surface area (Å²) >= 11 is 17.8. The van der Waals surface area contributed by atoms with Crippen molar-refractivity contribution < 1.29 is 0 Å². The smallest absolute Gasteiger partial charge is 0.0886 e. The Bertz CT molecular complexity index is 127. The van der Waals surface area contributed by atoms with Crippen LogP contribution < -0.4 is 0 Å². The molecule has 0 aromatic rings. The van der Waals surface area contributed by atoms with E-state index in [9.17, 15) is 0 Å². The molecule has 0 saturated heterocycles. The highest BCUT2D eigenvalue weighted by Gasteiger charge is 2.51. The van der Waals surface area contributed by atoms with Gasteiger partial charge in [-0.05, 0) is 0 Å². The van der Waals surface area contributed by atoms with E-state index < -0.39 is 18.6 Å². The lowest BCUT2D eigenvalue weighted by atomic mass is 11.8. The topological polar surface area (TPSA) is 0 Å². The molecule has 5 heteroatoms. The van der Waals surface area contributed by atoms with Crippen molar-refractivity contribution in [2.75, 3.05) is 0 Å². The van der Waals surface area contributed by atoms with Crippen LogP contribution in [0.15, 0.2) is 0 Å². The molecule has 68 valence electrons. The van der Waals surface area contributed by atoms with Crippen LogP contribution in [0.25, 0.3) is 0 Å². The Labute approximate surface area is 86.0 Å². The van der Waals surface area contributed by atoms with Crippen molar-refractivity contribution in [2.24, 2.45) is 0 Å². The Morgan fingerprint density at radius 2 is 1.09 bits per heavy atom. The van der Waals surface area contributed by atoms with Gasteiger partial charge in [0.2, 0.25) is 0 Å². The van der Waals surface area contributed by atoms with Crippen LogP contribution in [-0.4, -0.2) is 18.6 Å². The highest BCUT2D eigenvalue weighted by Crippen LogP contribution is 2.41. The minimum absolute atomic E-state index is 1.00. The van der Waals surface area contributed by atoms with E-state index in [2.05, 4.69) is 32.7 Å². The lowest BCUT2D eigenvalue weighted by molar-refractivity contribution is 1.52. The van der Waals surface area contributed by atoms with Crippen LogP contribution >= 0.6 is 34.8 Å². The average Bonchev–Trinajstić information content (AvgIpc) is 1.58. The summed E-state index contributed by atoms with van der Waals surface area (Å²) in [5.41, 5.74) is 0. The number of hydrogen-bond donors (Lipinski definition) is 0. The Morgan fingerprint density at radius 3 is 1.09 bits per heavy atom. The van der Waals surface area contributed by atoms with Crippen molar-refractivity contribution in [3.8, 4) is 0 Å². The number of rotatable bonds is 1. The Hall–Kier alpha value is 1.30. The van der Waals surface area contributed by atoms with Gasteiger partial charge in [-0.25, -0.2) is 0 Å². The molecule has 0 heterocycles. The first kappa shape index (κ1) is 12.3. The normalized spacial score (nSPS) is 15.3. The maximum atomic E-state index is 5.94. The van der Waals surface area contributed by atoms with Gasteiger partial charge in [0.05, 0.1) is 0 Å². The van der Waals surface area contributed by atoms with Gasteiger partial charge in [-0.1, -0.05) is 67.5 Å². The van der Waals surface area contributed by atoms with E-state index in [1.54, 1.807) is 0 Å². The van der Waals surface area contributed by atoms with Crippen molar-refractivity contribution in [2.45, 2.75) is 36.2 Å². The van der Waals surface area contributed by atoms with E-state index in [1.165, 1.54) is 0 Å². The third kappa shape index (κ3) is 2.63. The van der Waals surface area contributed by atoms with Crippen LogP contribution in [0, 0.1) is 0 Å². The van der Waals surface area contributed by atoms with E-state index >= 15 is 0 Å². The lowest BCUT2D eigenvalue weighted by Gasteiger charge is -2.40. The fourth-order valence-electron chi connectivity index (χ4n) is 0.425. The van der Waals surface area contributed by atoms with Crippen molar-refractivity contribution in [1.82, 2.24) is 0 Å². The quantitative estimate of drug-likeness (QED) is 0.486. The summed E-state index contributed by atoms with van der Waals surface area (Å²) in [7, 11) is -2.95. The molecule has 0 radical (unpaired) electrons. The van der Waals surface area contributed by atoms with Gasteiger partial charge < -0.3 is 0 Å². The van der Waals surface area contributed by atoms with Crippen LogP contribution in [0.4, 0.5) is 0 Å². The molecule has 0 N–H and O–H groups in total. The molecule has 0 saturated carbocycles. The second-order valence-corrected chi connectivity index (χ2v) is 24.4. The Kier molecular flexibility index (Phi) is 3.60. The average molecular weight is 250 g/mol. The van der Waals surface area contributed by atoms with E-state index in [0.29, 0.717) is 0 Å². The second-order valence-electron chi connectivity index (χ2n) is 4.37. The van der Waals surface area contributed by atoms with Crippen LogP contribution in [0.2, 0.25) is 32.7 Å². The third-order valence-corrected chi connectivity index (χ3v) is 25.8. The lowest BCUT2D eigenvalue weighted by Crippen LogP contribution is -2.61. The zero-order valence-electron chi connectivity index (χ0n) is 7.63. The van der Waals surface area contributed by atoms with Crippen molar-refractivity contribution in [1.29, 1.82) is 0 Å². The minimum Gasteiger partial charge on any atom is -0.0886 e. The summed E-state index contributed by atoms with van der Waals surface area (Å²) in [4.78, 5) is 0. The highest BCUT2D eigenvalue weighted by atomic mass is 35.6. The summed E-state index contributed by atoms with van der Waals surface area (Å²) in [6.07, 6.45) is 0. The molecule has 0 fully saturated rings. The van der Waals surface area contributed by atoms with E-state index in [-0.39, 0.29) is 0 Å². The van der Waals surface area contributed by atoms with Gasteiger partial charge in [-0.3, -0.25) is 0 Å². The number of alkyl halides is 3. The molecule has 0 aliphatic carbocycles. The van der Waals surface area contributed by atoms with Gasteiger partial charge in [0.1, 0.15) is 7.59 Å². The first-order chi connectivity index (χ1) is 4.50. The molecule has 0 atom stereocenters. The second kappa shape index (κ2) is 3.22. The summed E-state index contributed by atoms with van der Waals surface area (Å²) < 4.78 is -1.00. The molecule has 0 nitrogen and oxygen atoms in total. The van der Waals surface area contributed by atoms with Gasteiger partial charge in [0.25, 0.3) is 0 Å². The molecular weight excluding hydrogens is 235 g/mol. The zero-order valence-corrected chi connectivity index (χ0v) is 11.9. The molecule has 0 aliphatic rings. The maximum Gasteiger partial charge on any atom is 0.173 e. The SMILES string of the molecule is C[Si](C)(C)[Si](C)(C)C(Cl)(Cl)Cl. The summed E-state index contributed by atoms with van der Waals surface area (Å²) in [6, 6.07) is 0. The molecule has 0 aromatic carbocycles.